The van der Waals surface area contributed by atoms with E-state index < -0.39 is 0 Å². The molecule has 1 N–H and O–H groups in total. The standard InChI is InChI=1S/C15H29N3/c1-12-5-6-16-14(8-12)10-18-11-15-4-3-7-17(15)9-13(18)2/h12-16H,3-11H2,1-2H3. The first-order valence-corrected chi connectivity index (χ1v) is 7.94. The van der Waals surface area contributed by atoms with Crippen LogP contribution in [0, 0.1) is 5.92 Å². The van der Waals surface area contributed by atoms with Crippen molar-refractivity contribution < 1.29 is 0 Å². The quantitative estimate of drug-likeness (QED) is 0.803. The Labute approximate surface area is 112 Å². The number of hydrogen-bond acceptors (Lipinski definition) is 3. The molecule has 104 valence electrons. The Morgan fingerprint density at radius 3 is 2.89 bits per heavy atom. The number of piperazine rings is 1. The fourth-order valence-electron chi connectivity index (χ4n) is 4.15. The summed E-state index contributed by atoms with van der Waals surface area (Å²) in [6.07, 6.45) is 5.59. The largest absolute Gasteiger partial charge is 0.313 e. The molecule has 0 aromatic rings. The first-order valence-electron chi connectivity index (χ1n) is 7.94. The van der Waals surface area contributed by atoms with E-state index in [1.54, 1.807) is 0 Å². The summed E-state index contributed by atoms with van der Waals surface area (Å²) in [4.78, 5) is 5.47. The second-order valence-electron chi connectivity index (χ2n) is 6.87. The molecule has 3 saturated heterocycles. The maximum Gasteiger partial charge on any atom is 0.0224 e. The molecular formula is C15H29N3. The highest BCUT2D eigenvalue weighted by Gasteiger charge is 2.35. The van der Waals surface area contributed by atoms with E-state index in [-0.39, 0.29) is 0 Å². The van der Waals surface area contributed by atoms with E-state index in [2.05, 4.69) is 29.0 Å². The summed E-state index contributed by atoms with van der Waals surface area (Å²) in [5.74, 6) is 0.916. The van der Waals surface area contributed by atoms with Crippen LogP contribution in [0.25, 0.3) is 0 Å². The Balaban J connectivity index is 1.55. The summed E-state index contributed by atoms with van der Waals surface area (Å²) in [5, 5.41) is 3.72. The lowest BCUT2D eigenvalue weighted by atomic mass is 9.93. The molecule has 3 fully saturated rings. The van der Waals surface area contributed by atoms with E-state index in [0.717, 1.165) is 24.0 Å². The summed E-state index contributed by atoms with van der Waals surface area (Å²) in [7, 11) is 0. The van der Waals surface area contributed by atoms with Gasteiger partial charge in [0.2, 0.25) is 0 Å². The van der Waals surface area contributed by atoms with E-state index in [1.165, 1.54) is 58.4 Å². The van der Waals surface area contributed by atoms with Gasteiger partial charge in [0.25, 0.3) is 0 Å². The molecule has 0 radical (unpaired) electrons. The summed E-state index contributed by atoms with van der Waals surface area (Å²) in [6.45, 7) is 11.3. The van der Waals surface area contributed by atoms with Gasteiger partial charge in [-0.1, -0.05) is 6.92 Å². The first kappa shape index (κ1) is 12.9. The van der Waals surface area contributed by atoms with Crippen molar-refractivity contribution in [3.8, 4) is 0 Å². The minimum Gasteiger partial charge on any atom is -0.313 e. The van der Waals surface area contributed by atoms with Crippen LogP contribution in [-0.2, 0) is 0 Å². The van der Waals surface area contributed by atoms with Gasteiger partial charge in [-0.05, 0) is 51.6 Å². The fraction of sp³-hybridized carbons (Fsp3) is 1.00. The van der Waals surface area contributed by atoms with Crippen LogP contribution in [0.1, 0.15) is 39.5 Å². The van der Waals surface area contributed by atoms with Crippen LogP contribution in [-0.4, -0.2) is 60.6 Å². The Hall–Kier alpha value is -0.120. The molecule has 3 rings (SSSR count). The lowest BCUT2D eigenvalue weighted by molar-refractivity contribution is 0.0481. The molecule has 0 bridgehead atoms. The highest BCUT2D eigenvalue weighted by atomic mass is 15.3. The van der Waals surface area contributed by atoms with Gasteiger partial charge < -0.3 is 5.32 Å². The predicted octanol–water partition coefficient (Wildman–Crippen LogP) is 1.54. The van der Waals surface area contributed by atoms with Crippen molar-refractivity contribution in [2.24, 2.45) is 5.92 Å². The third-order valence-corrected chi connectivity index (χ3v) is 5.28. The minimum atomic E-state index is 0.740. The number of rotatable bonds is 2. The number of nitrogens with one attached hydrogen (secondary N) is 1. The molecule has 18 heavy (non-hydrogen) atoms. The normalized spacial score (nSPS) is 43.0. The third kappa shape index (κ3) is 2.73. The molecule has 0 saturated carbocycles. The van der Waals surface area contributed by atoms with Gasteiger partial charge in [-0.3, -0.25) is 9.80 Å². The second kappa shape index (κ2) is 5.48. The molecule has 3 heterocycles. The van der Waals surface area contributed by atoms with E-state index in [9.17, 15) is 0 Å². The molecule has 0 aliphatic carbocycles. The van der Waals surface area contributed by atoms with Gasteiger partial charge in [-0.25, -0.2) is 0 Å². The zero-order valence-electron chi connectivity index (χ0n) is 12.1. The maximum absolute atomic E-state index is 3.72. The third-order valence-electron chi connectivity index (χ3n) is 5.28. The van der Waals surface area contributed by atoms with Gasteiger partial charge in [-0.2, -0.15) is 0 Å². The van der Waals surface area contributed by atoms with Crippen molar-refractivity contribution in [3.05, 3.63) is 0 Å². The monoisotopic (exact) mass is 251 g/mol. The smallest absolute Gasteiger partial charge is 0.0224 e. The number of nitrogens with zero attached hydrogens (tertiary/aromatic N) is 2. The van der Waals surface area contributed by atoms with Gasteiger partial charge in [-0.15, -0.1) is 0 Å². The van der Waals surface area contributed by atoms with Crippen LogP contribution >= 0.6 is 0 Å². The molecule has 0 aromatic heterocycles. The molecule has 3 heteroatoms. The van der Waals surface area contributed by atoms with Gasteiger partial charge in [0.05, 0.1) is 0 Å². The van der Waals surface area contributed by atoms with E-state index in [1.807, 2.05) is 0 Å². The average Bonchev–Trinajstić information content (AvgIpc) is 2.76. The van der Waals surface area contributed by atoms with Crippen LogP contribution in [0.5, 0.6) is 0 Å². The topological polar surface area (TPSA) is 18.5 Å². The summed E-state index contributed by atoms with van der Waals surface area (Å²) in [6, 6.07) is 2.35. The molecule has 3 aliphatic rings. The Bertz CT molecular complexity index is 281. The summed E-state index contributed by atoms with van der Waals surface area (Å²) < 4.78 is 0. The average molecular weight is 251 g/mol. The van der Waals surface area contributed by atoms with E-state index in [4.69, 9.17) is 0 Å². The Morgan fingerprint density at radius 1 is 1.17 bits per heavy atom. The molecule has 0 amide bonds. The van der Waals surface area contributed by atoms with Crippen LogP contribution in [0.2, 0.25) is 0 Å². The first-order chi connectivity index (χ1) is 8.72. The number of fused-ring (bicyclic) bond motifs is 1. The van der Waals surface area contributed by atoms with Crippen molar-refractivity contribution >= 4 is 0 Å². The Morgan fingerprint density at radius 2 is 2.06 bits per heavy atom. The van der Waals surface area contributed by atoms with Crippen LogP contribution in [0.3, 0.4) is 0 Å². The summed E-state index contributed by atoms with van der Waals surface area (Å²) >= 11 is 0. The number of piperidine rings is 1. The molecule has 0 aromatic carbocycles. The maximum atomic E-state index is 3.72. The second-order valence-corrected chi connectivity index (χ2v) is 6.87. The Kier molecular flexibility index (Phi) is 3.92. The van der Waals surface area contributed by atoms with Crippen molar-refractivity contribution in [2.75, 3.05) is 32.7 Å². The van der Waals surface area contributed by atoms with Crippen molar-refractivity contribution in [3.63, 3.8) is 0 Å². The highest BCUT2D eigenvalue weighted by Crippen LogP contribution is 2.25. The summed E-state index contributed by atoms with van der Waals surface area (Å²) in [5.41, 5.74) is 0. The number of hydrogen-bond donors (Lipinski definition) is 1. The van der Waals surface area contributed by atoms with Gasteiger partial charge in [0.1, 0.15) is 0 Å². The van der Waals surface area contributed by atoms with Crippen LogP contribution in [0.15, 0.2) is 0 Å². The SMILES string of the molecule is CC1CCNC(CN2CC3CCCN3CC2C)C1. The fourth-order valence-corrected chi connectivity index (χ4v) is 4.15. The zero-order chi connectivity index (χ0) is 12.5. The zero-order valence-corrected chi connectivity index (χ0v) is 12.1. The molecule has 4 atom stereocenters. The lowest BCUT2D eigenvalue weighted by Crippen LogP contribution is -2.58. The molecule has 3 aliphatic heterocycles. The van der Waals surface area contributed by atoms with Gasteiger partial charge >= 0.3 is 0 Å². The predicted molar refractivity (Wildman–Crippen MR) is 75.8 cm³/mol. The molecule has 0 spiro atoms. The van der Waals surface area contributed by atoms with E-state index in [0.29, 0.717) is 0 Å². The van der Waals surface area contributed by atoms with Crippen molar-refractivity contribution in [1.82, 2.24) is 15.1 Å². The van der Waals surface area contributed by atoms with Crippen LogP contribution < -0.4 is 5.32 Å². The van der Waals surface area contributed by atoms with Gasteiger partial charge in [0.15, 0.2) is 0 Å². The van der Waals surface area contributed by atoms with Crippen molar-refractivity contribution in [1.29, 1.82) is 0 Å². The van der Waals surface area contributed by atoms with Gasteiger partial charge in [0, 0.05) is 37.8 Å². The van der Waals surface area contributed by atoms with Crippen LogP contribution in [0.4, 0.5) is 0 Å². The molecular weight excluding hydrogens is 222 g/mol. The molecule has 4 unspecified atom stereocenters. The molecule has 3 nitrogen and oxygen atoms in total. The highest BCUT2D eigenvalue weighted by molar-refractivity contribution is 4.92. The van der Waals surface area contributed by atoms with E-state index >= 15 is 0 Å². The lowest BCUT2D eigenvalue weighted by Gasteiger charge is -2.44. The minimum absolute atomic E-state index is 0.740. The van der Waals surface area contributed by atoms with Crippen molar-refractivity contribution in [2.45, 2.75) is 57.7 Å².